The molecule has 0 unspecified atom stereocenters. The Bertz CT molecular complexity index is 553. The Hall–Kier alpha value is -1.27. The molecule has 0 bridgehead atoms. The third-order valence-corrected chi connectivity index (χ3v) is 3.74. The maximum Gasteiger partial charge on any atom is 0.338 e. The molecule has 0 spiro atoms. The summed E-state index contributed by atoms with van der Waals surface area (Å²) >= 11 is 0. The van der Waals surface area contributed by atoms with Gasteiger partial charge in [0.15, 0.2) is 0 Å². The van der Waals surface area contributed by atoms with Gasteiger partial charge in [0.2, 0.25) is 0 Å². The van der Waals surface area contributed by atoms with Crippen molar-refractivity contribution in [2.75, 3.05) is 13.7 Å². The number of hydrogen-bond donors (Lipinski definition) is 0. The van der Waals surface area contributed by atoms with Gasteiger partial charge in [0, 0.05) is 10.7 Å². The molecule has 0 aromatic heterocycles. The van der Waals surface area contributed by atoms with Gasteiger partial charge in [-0.05, 0) is 24.6 Å². The number of rotatable bonds is 6. The molecule has 0 aliphatic carbocycles. The maximum absolute atomic E-state index is 11.7. The molecule has 0 N–H and O–H groups in total. The standard InChI is InChI=1S/C12H15ClO5S/c1-3-4-7-18-12(14)9-5-6-10(17-2)11(8-9)19(13,15)16/h5-6,8H,3-4,7H2,1-2H3. The van der Waals surface area contributed by atoms with E-state index in [0.29, 0.717) is 6.61 Å². The lowest BCUT2D eigenvalue weighted by Crippen LogP contribution is -2.08. The first-order valence-corrected chi connectivity index (χ1v) is 8.01. The zero-order valence-corrected chi connectivity index (χ0v) is 12.3. The molecule has 0 saturated carbocycles. The minimum atomic E-state index is -3.99. The van der Waals surface area contributed by atoms with Gasteiger partial charge in [-0.2, -0.15) is 0 Å². The number of benzene rings is 1. The Labute approximate surface area is 116 Å². The topological polar surface area (TPSA) is 69.7 Å². The molecular weight excluding hydrogens is 292 g/mol. The molecule has 0 radical (unpaired) electrons. The van der Waals surface area contributed by atoms with Gasteiger partial charge in [0.1, 0.15) is 10.6 Å². The lowest BCUT2D eigenvalue weighted by Gasteiger charge is -2.08. The predicted molar refractivity (Wildman–Crippen MR) is 71.2 cm³/mol. The van der Waals surface area contributed by atoms with E-state index in [9.17, 15) is 13.2 Å². The highest BCUT2D eigenvalue weighted by molar-refractivity contribution is 8.13. The molecule has 1 rings (SSSR count). The lowest BCUT2D eigenvalue weighted by atomic mass is 10.2. The van der Waals surface area contributed by atoms with Crippen LogP contribution in [0.5, 0.6) is 5.75 Å². The highest BCUT2D eigenvalue weighted by atomic mass is 35.7. The number of halogens is 1. The Balaban J connectivity index is 3.02. The van der Waals surface area contributed by atoms with Crippen molar-refractivity contribution >= 4 is 25.7 Å². The highest BCUT2D eigenvalue weighted by Crippen LogP contribution is 2.28. The summed E-state index contributed by atoms with van der Waals surface area (Å²) in [6.07, 6.45) is 1.65. The van der Waals surface area contributed by atoms with E-state index in [1.54, 1.807) is 0 Å². The fourth-order valence-electron chi connectivity index (χ4n) is 1.39. The van der Waals surface area contributed by atoms with Crippen LogP contribution in [0.25, 0.3) is 0 Å². The van der Waals surface area contributed by atoms with E-state index in [1.807, 2.05) is 6.92 Å². The number of carbonyl (C=O) groups is 1. The van der Waals surface area contributed by atoms with Crippen molar-refractivity contribution in [1.82, 2.24) is 0 Å². The quantitative estimate of drug-likeness (QED) is 0.459. The summed E-state index contributed by atoms with van der Waals surface area (Å²) in [5.74, 6) is -0.502. The molecule has 0 amide bonds. The summed E-state index contributed by atoms with van der Waals surface area (Å²) in [6, 6.07) is 3.94. The van der Waals surface area contributed by atoms with Crippen molar-refractivity contribution < 1.29 is 22.7 Å². The van der Waals surface area contributed by atoms with Gasteiger partial charge in [0.05, 0.1) is 19.3 Å². The van der Waals surface area contributed by atoms with E-state index >= 15 is 0 Å². The second-order valence-corrected chi connectivity index (χ2v) is 6.33. The molecule has 0 aliphatic rings. The van der Waals surface area contributed by atoms with Crippen molar-refractivity contribution in [2.45, 2.75) is 24.7 Å². The van der Waals surface area contributed by atoms with E-state index in [0.717, 1.165) is 18.9 Å². The van der Waals surface area contributed by atoms with Crippen LogP contribution < -0.4 is 4.74 Å². The second kappa shape index (κ2) is 6.77. The lowest BCUT2D eigenvalue weighted by molar-refractivity contribution is 0.0499. The maximum atomic E-state index is 11.7. The second-order valence-electron chi connectivity index (χ2n) is 3.79. The van der Waals surface area contributed by atoms with Gasteiger partial charge in [-0.1, -0.05) is 13.3 Å². The molecule has 106 valence electrons. The van der Waals surface area contributed by atoms with Crippen LogP contribution in [-0.4, -0.2) is 28.1 Å². The highest BCUT2D eigenvalue weighted by Gasteiger charge is 2.19. The summed E-state index contributed by atoms with van der Waals surface area (Å²) in [5.41, 5.74) is 0.121. The van der Waals surface area contributed by atoms with Crippen molar-refractivity contribution in [3.05, 3.63) is 23.8 Å². The van der Waals surface area contributed by atoms with Crippen LogP contribution in [0, 0.1) is 0 Å². The average molecular weight is 307 g/mol. The van der Waals surface area contributed by atoms with E-state index in [-0.39, 0.29) is 16.2 Å². The first kappa shape index (κ1) is 15.8. The third kappa shape index (κ3) is 4.40. The summed E-state index contributed by atoms with van der Waals surface area (Å²) in [4.78, 5) is 11.4. The molecule has 0 aliphatic heterocycles. The van der Waals surface area contributed by atoms with Crippen LogP contribution >= 0.6 is 10.7 Å². The molecule has 1 aromatic carbocycles. The van der Waals surface area contributed by atoms with Crippen LogP contribution in [-0.2, 0) is 13.8 Å². The molecule has 5 nitrogen and oxygen atoms in total. The van der Waals surface area contributed by atoms with Crippen LogP contribution in [0.4, 0.5) is 0 Å². The van der Waals surface area contributed by atoms with Gasteiger partial charge in [-0.3, -0.25) is 0 Å². The van der Waals surface area contributed by atoms with Crippen LogP contribution in [0.1, 0.15) is 30.1 Å². The largest absolute Gasteiger partial charge is 0.495 e. The zero-order chi connectivity index (χ0) is 14.5. The smallest absolute Gasteiger partial charge is 0.338 e. The first-order chi connectivity index (χ1) is 8.90. The fourth-order valence-corrected chi connectivity index (χ4v) is 2.41. The summed E-state index contributed by atoms with van der Waals surface area (Å²) in [7, 11) is 2.62. The Morgan fingerprint density at radius 3 is 2.58 bits per heavy atom. The van der Waals surface area contributed by atoms with Crippen molar-refractivity contribution in [2.24, 2.45) is 0 Å². The Morgan fingerprint density at radius 2 is 2.05 bits per heavy atom. The zero-order valence-electron chi connectivity index (χ0n) is 10.7. The van der Waals surface area contributed by atoms with Gasteiger partial charge < -0.3 is 9.47 Å². The van der Waals surface area contributed by atoms with Crippen LogP contribution in [0.2, 0.25) is 0 Å². The minimum absolute atomic E-state index is 0.0834. The monoisotopic (exact) mass is 306 g/mol. The van der Waals surface area contributed by atoms with Crippen LogP contribution in [0.3, 0.4) is 0 Å². The van der Waals surface area contributed by atoms with E-state index in [2.05, 4.69) is 0 Å². The van der Waals surface area contributed by atoms with Crippen molar-refractivity contribution in [3.8, 4) is 5.75 Å². The average Bonchev–Trinajstić information content (AvgIpc) is 2.37. The molecule has 0 heterocycles. The molecule has 19 heavy (non-hydrogen) atoms. The predicted octanol–water partition coefficient (Wildman–Crippen LogP) is 2.58. The molecule has 0 atom stereocenters. The van der Waals surface area contributed by atoms with Gasteiger partial charge in [-0.15, -0.1) is 0 Å². The van der Waals surface area contributed by atoms with Gasteiger partial charge in [0.25, 0.3) is 9.05 Å². The SMILES string of the molecule is CCCCOC(=O)c1ccc(OC)c(S(=O)(=O)Cl)c1. The molecular formula is C12H15ClO5S. The molecule has 0 fully saturated rings. The molecule has 7 heteroatoms. The Morgan fingerprint density at radius 1 is 1.37 bits per heavy atom. The van der Waals surface area contributed by atoms with Crippen molar-refractivity contribution in [3.63, 3.8) is 0 Å². The summed E-state index contributed by atoms with van der Waals surface area (Å²) in [5, 5.41) is 0. The number of methoxy groups -OCH3 is 1. The normalized spacial score (nSPS) is 11.1. The van der Waals surface area contributed by atoms with E-state index < -0.39 is 15.0 Å². The van der Waals surface area contributed by atoms with Gasteiger partial charge >= 0.3 is 5.97 Å². The fraction of sp³-hybridized carbons (Fsp3) is 0.417. The summed E-state index contributed by atoms with van der Waals surface area (Å²) in [6.45, 7) is 2.27. The molecule has 1 aromatic rings. The summed E-state index contributed by atoms with van der Waals surface area (Å²) < 4.78 is 32.6. The number of esters is 1. The van der Waals surface area contributed by atoms with Crippen LogP contribution in [0.15, 0.2) is 23.1 Å². The number of hydrogen-bond acceptors (Lipinski definition) is 5. The van der Waals surface area contributed by atoms with Gasteiger partial charge in [-0.25, -0.2) is 13.2 Å². The van der Waals surface area contributed by atoms with E-state index in [1.165, 1.54) is 19.2 Å². The van der Waals surface area contributed by atoms with Crippen molar-refractivity contribution in [1.29, 1.82) is 0 Å². The number of carbonyl (C=O) groups excluding carboxylic acids is 1. The number of unbranched alkanes of at least 4 members (excludes halogenated alkanes) is 1. The van der Waals surface area contributed by atoms with E-state index in [4.69, 9.17) is 20.2 Å². The number of ether oxygens (including phenoxy) is 2. The molecule has 0 saturated heterocycles. The minimum Gasteiger partial charge on any atom is -0.495 e. The Kier molecular flexibility index (Phi) is 5.62. The first-order valence-electron chi connectivity index (χ1n) is 5.70. The third-order valence-electron chi connectivity index (χ3n) is 2.39.